The summed E-state index contributed by atoms with van der Waals surface area (Å²) >= 11 is 0. The molecule has 1 N–H and O–H groups in total. The molecule has 4 aromatic rings. The molecule has 0 saturated carbocycles. The first kappa shape index (κ1) is 19.4. The van der Waals surface area contributed by atoms with Gasteiger partial charge in [-0.1, -0.05) is 6.07 Å². The van der Waals surface area contributed by atoms with Gasteiger partial charge in [-0.15, -0.1) is 5.10 Å². The Morgan fingerprint density at radius 1 is 1.10 bits per heavy atom. The van der Waals surface area contributed by atoms with Crippen LogP contribution in [0.4, 0.5) is 0 Å². The summed E-state index contributed by atoms with van der Waals surface area (Å²) in [6.45, 7) is 2.26. The molecule has 0 aliphatic heterocycles. The second-order valence-electron chi connectivity index (χ2n) is 6.41. The highest BCUT2D eigenvalue weighted by Gasteiger charge is 2.20. The van der Waals surface area contributed by atoms with E-state index in [0.717, 1.165) is 16.5 Å². The standard InChI is InChI=1S/C22H20N4O4/c1-3-29-22(27)21-20(24-26-25-21)15-7-9-19(28-2)16(11-15)13-30-17-8-6-14-5-4-10-23-18(14)12-17/h4-12H,3,13H2,1-2H3,(H,24,25,26). The number of aromatic amines is 1. The molecule has 0 atom stereocenters. The number of H-pyrrole nitrogens is 1. The van der Waals surface area contributed by atoms with E-state index in [1.807, 2.05) is 42.5 Å². The Morgan fingerprint density at radius 2 is 2.00 bits per heavy atom. The largest absolute Gasteiger partial charge is 0.496 e. The first-order chi connectivity index (χ1) is 14.7. The summed E-state index contributed by atoms with van der Waals surface area (Å²) in [6, 6.07) is 15.1. The predicted molar refractivity (Wildman–Crippen MR) is 110 cm³/mol. The number of rotatable bonds is 7. The number of aromatic nitrogens is 4. The number of nitrogens with one attached hydrogen (secondary N) is 1. The lowest BCUT2D eigenvalue weighted by atomic mass is 10.1. The normalized spacial score (nSPS) is 10.7. The van der Waals surface area contributed by atoms with E-state index in [0.29, 0.717) is 22.8 Å². The Bertz CT molecular complexity index is 1190. The van der Waals surface area contributed by atoms with Gasteiger partial charge >= 0.3 is 5.97 Å². The van der Waals surface area contributed by atoms with Crippen LogP contribution < -0.4 is 9.47 Å². The number of ether oxygens (including phenoxy) is 3. The Balaban J connectivity index is 1.60. The molecule has 0 radical (unpaired) electrons. The van der Waals surface area contributed by atoms with Crippen molar-refractivity contribution >= 4 is 16.9 Å². The summed E-state index contributed by atoms with van der Waals surface area (Å²) in [4.78, 5) is 16.5. The van der Waals surface area contributed by atoms with E-state index >= 15 is 0 Å². The van der Waals surface area contributed by atoms with Crippen molar-refractivity contribution in [1.82, 2.24) is 20.4 Å². The van der Waals surface area contributed by atoms with E-state index in [9.17, 15) is 4.79 Å². The Morgan fingerprint density at radius 3 is 2.83 bits per heavy atom. The van der Waals surface area contributed by atoms with Crippen LogP contribution >= 0.6 is 0 Å². The van der Waals surface area contributed by atoms with Crippen LogP contribution in [0, 0.1) is 0 Å². The minimum Gasteiger partial charge on any atom is -0.496 e. The topological polar surface area (TPSA) is 99.2 Å². The molecule has 152 valence electrons. The molecule has 2 heterocycles. The number of benzene rings is 2. The second kappa shape index (κ2) is 8.60. The monoisotopic (exact) mass is 404 g/mol. The Kier molecular flexibility index (Phi) is 5.56. The van der Waals surface area contributed by atoms with E-state index in [2.05, 4.69) is 20.4 Å². The van der Waals surface area contributed by atoms with Gasteiger partial charge in [0.2, 0.25) is 0 Å². The van der Waals surface area contributed by atoms with Crippen LogP contribution in [-0.4, -0.2) is 40.1 Å². The third-order valence-corrected chi connectivity index (χ3v) is 4.54. The molecule has 2 aromatic carbocycles. The lowest BCUT2D eigenvalue weighted by Crippen LogP contribution is -2.07. The fourth-order valence-electron chi connectivity index (χ4n) is 3.11. The van der Waals surface area contributed by atoms with Gasteiger partial charge in [0.25, 0.3) is 0 Å². The number of hydrogen-bond donors (Lipinski definition) is 1. The highest BCUT2D eigenvalue weighted by molar-refractivity contribution is 5.94. The minimum atomic E-state index is -0.529. The molecular weight excluding hydrogens is 384 g/mol. The van der Waals surface area contributed by atoms with Crippen molar-refractivity contribution in [1.29, 1.82) is 0 Å². The van der Waals surface area contributed by atoms with Gasteiger partial charge in [0.1, 0.15) is 23.8 Å². The Hall–Kier alpha value is -3.94. The van der Waals surface area contributed by atoms with Gasteiger partial charge in [0, 0.05) is 28.8 Å². The van der Waals surface area contributed by atoms with Crippen molar-refractivity contribution in [2.45, 2.75) is 13.5 Å². The quantitative estimate of drug-likeness (QED) is 0.468. The highest BCUT2D eigenvalue weighted by Crippen LogP contribution is 2.29. The fraction of sp³-hybridized carbons (Fsp3) is 0.182. The Labute approximate surface area is 172 Å². The number of pyridine rings is 1. The lowest BCUT2D eigenvalue weighted by molar-refractivity contribution is 0.0520. The van der Waals surface area contributed by atoms with E-state index in [-0.39, 0.29) is 18.9 Å². The van der Waals surface area contributed by atoms with Crippen molar-refractivity contribution in [3.8, 4) is 22.8 Å². The van der Waals surface area contributed by atoms with Crippen LogP contribution in [0.3, 0.4) is 0 Å². The average molecular weight is 404 g/mol. The van der Waals surface area contributed by atoms with Crippen molar-refractivity contribution < 1.29 is 19.0 Å². The molecule has 0 aliphatic carbocycles. The third-order valence-electron chi connectivity index (χ3n) is 4.54. The second-order valence-corrected chi connectivity index (χ2v) is 6.41. The number of esters is 1. The molecule has 30 heavy (non-hydrogen) atoms. The van der Waals surface area contributed by atoms with E-state index in [1.54, 1.807) is 26.3 Å². The maximum atomic E-state index is 12.1. The van der Waals surface area contributed by atoms with Gasteiger partial charge in [-0.3, -0.25) is 4.98 Å². The summed E-state index contributed by atoms with van der Waals surface area (Å²) in [5.41, 5.74) is 2.90. The smallest absolute Gasteiger partial charge is 0.361 e. The van der Waals surface area contributed by atoms with Crippen LogP contribution in [0.5, 0.6) is 11.5 Å². The van der Waals surface area contributed by atoms with Gasteiger partial charge in [-0.05, 0) is 43.3 Å². The molecule has 0 amide bonds. The molecule has 8 heteroatoms. The van der Waals surface area contributed by atoms with Crippen molar-refractivity contribution in [2.24, 2.45) is 0 Å². The van der Waals surface area contributed by atoms with Crippen molar-refractivity contribution in [3.63, 3.8) is 0 Å². The van der Waals surface area contributed by atoms with E-state index < -0.39 is 5.97 Å². The summed E-state index contributed by atoms with van der Waals surface area (Å²) in [5.74, 6) is 0.833. The minimum absolute atomic E-state index is 0.134. The molecular formula is C22H20N4O4. The van der Waals surface area contributed by atoms with Crippen LogP contribution in [0.15, 0.2) is 54.7 Å². The number of nitrogens with zero attached hydrogens (tertiary/aromatic N) is 3. The van der Waals surface area contributed by atoms with Gasteiger partial charge in [0.15, 0.2) is 5.69 Å². The number of methoxy groups -OCH3 is 1. The van der Waals surface area contributed by atoms with Gasteiger partial charge in [-0.25, -0.2) is 4.79 Å². The van der Waals surface area contributed by atoms with Crippen LogP contribution in [0.1, 0.15) is 23.0 Å². The van der Waals surface area contributed by atoms with E-state index in [4.69, 9.17) is 14.2 Å². The number of carbonyl (C=O) groups is 1. The van der Waals surface area contributed by atoms with Crippen LogP contribution in [0.2, 0.25) is 0 Å². The molecule has 0 spiro atoms. The summed E-state index contributed by atoms with van der Waals surface area (Å²) < 4.78 is 16.5. The molecule has 2 aromatic heterocycles. The summed E-state index contributed by atoms with van der Waals surface area (Å²) in [6.07, 6.45) is 1.75. The maximum absolute atomic E-state index is 12.1. The summed E-state index contributed by atoms with van der Waals surface area (Å²) in [5, 5.41) is 11.6. The zero-order valence-corrected chi connectivity index (χ0v) is 16.6. The van der Waals surface area contributed by atoms with Crippen molar-refractivity contribution in [2.75, 3.05) is 13.7 Å². The number of hydrogen-bond acceptors (Lipinski definition) is 7. The molecule has 4 rings (SSSR count). The zero-order valence-electron chi connectivity index (χ0n) is 16.6. The number of fused-ring (bicyclic) bond motifs is 1. The maximum Gasteiger partial charge on any atom is 0.361 e. The first-order valence-electron chi connectivity index (χ1n) is 9.42. The zero-order chi connectivity index (χ0) is 20.9. The molecule has 0 saturated heterocycles. The average Bonchev–Trinajstić information content (AvgIpc) is 3.27. The lowest BCUT2D eigenvalue weighted by Gasteiger charge is -2.12. The predicted octanol–water partition coefficient (Wildman–Crippen LogP) is 3.78. The first-order valence-corrected chi connectivity index (χ1v) is 9.42. The molecule has 0 aliphatic rings. The third kappa shape index (κ3) is 3.93. The van der Waals surface area contributed by atoms with Gasteiger partial charge in [-0.2, -0.15) is 10.3 Å². The van der Waals surface area contributed by atoms with E-state index in [1.165, 1.54) is 0 Å². The molecule has 8 nitrogen and oxygen atoms in total. The molecule has 0 bridgehead atoms. The van der Waals surface area contributed by atoms with Gasteiger partial charge < -0.3 is 14.2 Å². The number of carbonyl (C=O) groups excluding carboxylic acids is 1. The SMILES string of the molecule is CCOC(=O)c1n[nH]nc1-c1ccc(OC)c(COc2ccc3cccnc3c2)c1. The van der Waals surface area contributed by atoms with Crippen molar-refractivity contribution in [3.05, 3.63) is 66.0 Å². The van der Waals surface area contributed by atoms with Crippen LogP contribution in [-0.2, 0) is 11.3 Å². The molecule has 0 fully saturated rings. The fourth-order valence-corrected chi connectivity index (χ4v) is 3.11. The highest BCUT2D eigenvalue weighted by atomic mass is 16.5. The van der Waals surface area contributed by atoms with Gasteiger partial charge in [0.05, 0.1) is 19.2 Å². The van der Waals surface area contributed by atoms with Crippen LogP contribution in [0.25, 0.3) is 22.2 Å². The molecule has 0 unspecified atom stereocenters. The summed E-state index contributed by atoms with van der Waals surface area (Å²) in [7, 11) is 1.60.